The molecule has 0 bridgehead atoms. The average molecular weight is 270 g/mol. The van der Waals surface area contributed by atoms with E-state index in [1.807, 2.05) is 4.90 Å². The number of hydrogen-bond donors (Lipinski definition) is 2. The normalized spacial score (nSPS) is 29.5. The molecule has 110 valence electrons. The highest BCUT2D eigenvalue weighted by Gasteiger charge is 2.38. The summed E-state index contributed by atoms with van der Waals surface area (Å²) in [6, 6.07) is 0. The monoisotopic (exact) mass is 270 g/mol. The third kappa shape index (κ3) is 3.68. The molecule has 2 aliphatic rings. The minimum Gasteiger partial charge on any atom is -0.394 e. The molecule has 2 heterocycles. The largest absolute Gasteiger partial charge is 0.394 e. The SMILES string of the molecule is CC1(C(=O)N2CCC(OCCO)CC2)CCCNC1. The third-order valence-corrected chi connectivity index (χ3v) is 4.29. The molecule has 2 fully saturated rings. The van der Waals surface area contributed by atoms with Crippen LogP contribution >= 0.6 is 0 Å². The molecule has 1 unspecified atom stereocenters. The van der Waals surface area contributed by atoms with E-state index in [0.717, 1.165) is 51.9 Å². The van der Waals surface area contributed by atoms with Gasteiger partial charge in [0.25, 0.3) is 0 Å². The van der Waals surface area contributed by atoms with Crippen LogP contribution < -0.4 is 5.32 Å². The van der Waals surface area contributed by atoms with Crippen molar-refractivity contribution in [2.45, 2.75) is 38.7 Å². The first-order valence-electron chi connectivity index (χ1n) is 7.38. The van der Waals surface area contributed by atoms with Crippen molar-refractivity contribution in [3.05, 3.63) is 0 Å². The fourth-order valence-corrected chi connectivity index (χ4v) is 3.07. The summed E-state index contributed by atoms with van der Waals surface area (Å²) < 4.78 is 5.53. The molecule has 0 spiro atoms. The molecular formula is C14H26N2O3. The highest BCUT2D eigenvalue weighted by Crippen LogP contribution is 2.29. The Kier molecular flexibility index (Phi) is 5.19. The van der Waals surface area contributed by atoms with Crippen molar-refractivity contribution in [3.8, 4) is 0 Å². The van der Waals surface area contributed by atoms with Gasteiger partial charge in [0.05, 0.1) is 24.7 Å². The van der Waals surface area contributed by atoms with Gasteiger partial charge in [-0.3, -0.25) is 4.79 Å². The van der Waals surface area contributed by atoms with Crippen LogP contribution in [0.15, 0.2) is 0 Å². The molecular weight excluding hydrogens is 244 g/mol. The van der Waals surface area contributed by atoms with E-state index in [9.17, 15) is 4.79 Å². The molecule has 19 heavy (non-hydrogen) atoms. The van der Waals surface area contributed by atoms with E-state index in [1.54, 1.807) is 0 Å². The lowest BCUT2D eigenvalue weighted by atomic mass is 9.81. The molecule has 2 saturated heterocycles. The van der Waals surface area contributed by atoms with Crippen LogP contribution in [0.5, 0.6) is 0 Å². The zero-order chi connectivity index (χ0) is 13.7. The van der Waals surface area contributed by atoms with Crippen molar-refractivity contribution in [1.29, 1.82) is 0 Å². The molecule has 1 atom stereocenters. The lowest BCUT2D eigenvalue weighted by Crippen LogP contribution is -2.52. The number of aliphatic hydroxyl groups excluding tert-OH is 1. The molecule has 1 amide bonds. The zero-order valence-electron chi connectivity index (χ0n) is 11.9. The van der Waals surface area contributed by atoms with Crippen LogP contribution in [0, 0.1) is 5.41 Å². The number of likely N-dealkylation sites (tertiary alicyclic amines) is 1. The highest BCUT2D eigenvalue weighted by atomic mass is 16.5. The molecule has 0 aromatic rings. The number of carbonyl (C=O) groups excluding carboxylic acids is 1. The highest BCUT2D eigenvalue weighted by molar-refractivity contribution is 5.82. The molecule has 2 N–H and O–H groups in total. The molecule has 5 heteroatoms. The summed E-state index contributed by atoms with van der Waals surface area (Å²) in [7, 11) is 0. The summed E-state index contributed by atoms with van der Waals surface area (Å²) in [5.41, 5.74) is -0.225. The Labute approximate surface area is 115 Å². The van der Waals surface area contributed by atoms with Gasteiger partial charge >= 0.3 is 0 Å². The maximum Gasteiger partial charge on any atom is 0.229 e. The van der Waals surface area contributed by atoms with E-state index in [4.69, 9.17) is 9.84 Å². The fourth-order valence-electron chi connectivity index (χ4n) is 3.07. The fraction of sp³-hybridized carbons (Fsp3) is 0.929. The lowest BCUT2D eigenvalue weighted by molar-refractivity contribution is -0.145. The molecule has 0 aliphatic carbocycles. The van der Waals surface area contributed by atoms with Crippen LogP contribution in [0.1, 0.15) is 32.6 Å². The number of piperidine rings is 2. The number of amides is 1. The van der Waals surface area contributed by atoms with Crippen LogP contribution in [0.4, 0.5) is 0 Å². The number of aliphatic hydroxyl groups is 1. The third-order valence-electron chi connectivity index (χ3n) is 4.29. The second kappa shape index (κ2) is 6.68. The minimum absolute atomic E-state index is 0.0723. The predicted octanol–water partition coefficient (Wildman–Crippen LogP) is 0.376. The number of rotatable bonds is 4. The Balaban J connectivity index is 1.81. The van der Waals surface area contributed by atoms with E-state index >= 15 is 0 Å². The first-order chi connectivity index (χ1) is 9.15. The summed E-state index contributed by atoms with van der Waals surface area (Å²) in [5, 5.41) is 12.1. The van der Waals surface area contributed by atoms with E-state index in [0.29, 0.717) is 12.5 Å². The second-order valence-corrected chi connectivity index (χ2v) is 5.93. The first-order valence-corrected chi connectivity index (χ1v) is 7.38. The number of hydrogen-bond acceptors (Lipinski definition) is 4. The first kappa shape index (κ1) is 14.8. The molecule has 0 radical (unpaired) electrons. The molecule has 0 aromatic carbocycles. The van der Waals surface area contributed by atoms with Crippen molar-refractivity contribution in [2.75, 3.05) is 39.4 Å². The molecule has 2 aliphatic heterocycles. The van der Waals surface area contributed by atoms with E-state index in [-0.39, 0.29) is 18.1 Å². The summed E-state index contributed by atoms with van der Waals surface area (Å²) in [6.45, 7) is 5.95. The van der Waals surface area contributed by atoms with Crippen LogP contribution in [0.2, 0.25) is 0 Å². The Bertz CT molecular complexity index is 295. The minimum atomic E-state index is -0.225. The Morgan fingerprint density at radius 3 is 2.79 bits per heavy atom. The van der Waals surface area contributed by atoms with Crippen LogP contribution in [0.25, 0.3) is 0 Å². The molecule has 0 aromatic heterocycles. The predicted molar refractivity (Wildman–Crippen MR) is 72.9 cm³/mol. The smallest absolute Gasteiger partial charge is 0.229 e. The summed E-state index contributed by atoms with van der Waals surface area (Å²) in [5.74, 6) is 0.292. The van der Waals surface area contributed by atoms with Gasteiger partial charge in [-0.2, -0.15) is 0 Å². The van der Waals surface area contributed by atoms with Gasteiger partial charge in [0.1, 0.15) is 0 Å². The van der Waals surface area contributed by atoms with Gasteiger partial charge in [-0.15, -0.1) is 0 Å². The van der Waals surface area contributed by atoms with Gasteiger partial charge in [-0.1, -0.05) is 0 Å². The van der Waals surface area contributed by atoms with E-state index < -0.39 is 0 Å². The maximum absolute atomic E-state index is 12.6. The van der Waals surface area contributed by atoms with Crippen molar-refractivity contribution in [2.24, 2.45) is 5.41 Å². The molecule has 0 saturated carbocycles. The van der Waals surface area contributed by atoms with Crippen LogP contribution in [0.3, 0.4) is 0 Å². The number of nitrogens with zero attached hydrogens (tertiary/aromatic N) is 1. The summed E-state index contributed by atoms with van der Waals surface area (Å²) in [4.78, 5) is 14.6. The second-order valence-electron chi connectivity index (χ2n) is 5.93. The standard InChI is InChI=1S/C14H26N2O3/c1-14(5-2-6-15-11-14)13(18)16-7-3-12(4-8-16)19-10-9-17/h12,15,17H,2-11H2,1H3. The van der Waals surface area contributed by atoms with Crippen LogP contribution in [-0.2, 0) is 9.53 Å². The quantitative estimate of drug-likeness (QED) is 0.775. The summed E-state index contributed by atoms with van der Waals surface area (Å²) >= 11 is 0. The van der Waals surface area contributed by atoms with Crippen molar-refractivity contribution < 1.29 is 14.6 Å². The van der Waals surface area contributed by atoms with Crippen molar-refractivity contribution in [1.82, 2.24) is 10.2 Å². The number of nitrogens with one attached hydrogen (secondary N) is 1. The lowest BCUT2D eigenvalue weighted by Gasteiger charge is -2.40. The number of carbonyl (C=O) groups is 1. The topological polar surface area (TPSA) is 61.8 Å². The van der Waals surface area contributed by atoms with Crippen molar-refractivity contribution in [3.63, 3.8) is 0 Å². The van der Waals surface area contributed by atoms with Gasteiger partial charge in [0.2, 0.25) is 5.91 Å². The molecule has 2 rings (SSSR count). The Morgan fingerprint density at radius 1 is 1.47 bits per heavy atom. The number of ether oxygens (including phenoxy) is 1. The summed E-state index contributed by atoms with van der Waals surface area (Å²) in [6.07, 6.45) is 4.04. The van der Waals surface area contributed by atoms with Gasteiger partial charge in [0, 0.05) is 19.6 Å². The average Bonchev–Trinajstić information content (AvgIpc) is 2.46. The zero-order valence-corrected chi connectivity index (χ0v) is 11.9. The maximum atomic E-state index is 12.6. The van der Waals surface area contributed by atoms with Crippen molar-refractivity contribution >= 4 is 5.91 Å². The van der Waals surface area contributed by atoms with Gasteiger partial charge in [-0.25, -0.2) is 0 Å². The van der Waals surface area contributed by atoms with E-state index in [2.05, 4.69) is 12.2 Å². The van der Waals surface area contributed by atoms with Gasteiger partial charge in [0.15, 0.2) is 0 Å². The molecule has 5 nitrogen and oxygen atoms in total. The Morgan fingerprint density at radius 2 is 2.21 bits per heavy atom. The van der Waals surface area contributed by atoms with Gasteiger partial charge in [-0.05, 0) is 39.2 Å². The van der Waals surface area contributed by atoms with Gasteiger partial charge < -0.3 is 20.1 Å². The van der Waals surface area contributed by atoms with E-state index in [1.165, 1.54) is 0 Å². The van der Waals surface area contributed by atoms with Crippen LogP contribution in [-0.4, -0.2) is 61.4 Å². The Hall–Kier alpha value is -0.650.